The number of aromatic nitrogens is 2. The molecule has 1 amide bonds. The van der Waals surface area contributed by atoms with Crippen LogP contribution in [-0.2, 0) is 10.0 Å². The molecule has 0 radical (unpaired) electrons. The van der Waals surface area contributed by atoms with Crippen LogP contribution in [0.4, 0.5) is 17.3 Å². The van der Waals surface area contributed by atoms with Gasteiger partial charge in [0, 0.05) is 31.8 Å². The highest BCUT2D eigenvalue weighted by Crippen LogP contribution is 2.32. The first-order chi connectivity index (χ1) is 18.6. The highest BCUT2D eigenvalue weighted by atomic mass is 35.5. The Labute approximate surface area is 232 Å². The smallest absolute Gasteiger partial charge is 0.263 e. The topological polar surface area (TPSA) is 117 Å². The second-order valence-corrected chi connectivity index (χ2v) is 11.1. The zero-order valence-corrected chi connectivity index (χ0v) is 23.5. The van der Waals surface area contributed by atoms with Gasteiger partial charge in [-0.05, 0) is 56.6 Å². The zero-order valence-electron chi connectivity index (χ0n) is 22.0. The van der Waals surface area contributed by atoms with Crippen LogP contribution >= 0.6 is 11.6 Å². The van der Waals surface area contributed by atoms with Crippen molar-refractivity contribution in [3.05, 3.63) is 77.3 Å². The van der Waals surface area contributed by atoms with Gasteiger partial charge in [-0.15, -0.1) is 0 Å². The molecule has 0 saturated heterocycles. The summed E-state index contributed by atoms with van der Waals surface area (Å²) < 4.78 is 34.8. The minimum atomic E-state index is -4.16. The molecule has 0 bridgehead atoms. The predicted molar refractivity (Wildman–Crippen MR) is 154 cm³/mol. The predicted octanol–water partition coefficient (Wildman–Crippen LogP) is 4.47. The highest BCUT2D eigenvalue weighted by Gasteiger charge is 2.22. The molecule has 0 unspecified atom stereocenters. The van der Waals surface area contributed by atoms with Crippen molar-refractivity contribution in [2.75, 3.05) is 51.4 Å². The van der Waals surface area contributed by atoms with Crippen LogP contribution in [0.3, 0.4) is 0 Å². The van der Waals surface area contributed by atoms with Crippen LogP contribution in [0.15, 0.2) is 71.6 Å². The summed E-state index contributed by atoms with van der Waals surface area (Å²) in [5.74, 6) is 0.375. The molecule has 0 aliphatic carbocycles. The van der Waals surface area contributed by atoms with E-state index in [9.17, 15) is 13.2 Å². The molecule has 0 aliphatic rings. The van der Waals surface area contributed by atoms with Crippen molar-refractivity contribution >= 4 is 55.9 Å². The second-order valence-electron chi connectivity index (χ2n) is 9.04. The van der Waals surface area contributed by atoms with E-state index in [-0.39, 0.29) is 28.0 Å². The van der Waals surface area contributed by atoms with Gasteiger partial charge in [-0.1, -0.05) is 29.8 Å². The Morgan fingerprint density at radius 1 is 0.923 bits per heavy atom. The lowest BCUT2D eigenvalue weighted by molar-refractivity contribution is 0.0786. The van der Waals surface area contributed by atoms with Gasteiger partial charge in [0.1, 0.15) is 5.75 Å². The fraction of sp³-hybridized carbons (Fsp3) is 0.222. The van der Waals surface area contributed by atoms with Crippen LogP contribution in [0.1, 0.15) is 10.4 Å². The lowest BCUT2D eigenvalue weighted by Crippen LogP contribution is -2.33. The number of nitrogens with one attached hydrogen (secondary N) is 2. The zero-order chi connectivity index (χ0) is 28.2. The Morgan fingerprint density at radius 3 is 2.28 bits per heavy atom. The largest absolute Gasteiger partial charge is 0.497 e. The SMILES string of the molecule is COc1ccc(Cl)c(Nc2nc3ccccc3nc2NS(=O)(=O)c2cccc(C(=O)N(C)CCN(C)C)c2)c1. The number of halogens is 1. The molecule has 0 spiro atoms. The van der Waals surface area contributed by atoms with Gasteiger partial charge in [-0.2, -0.15) is 0 Å². The molecule has 4 rings (SSSR count). The van der Waals surface area contributed by atoms with E-state index < -0.39 is 10.0 Å². The number of nitrogens with zero attached hydrogens (tertiary/aromatic N) is 4. The average molecular weight is 569 g/mol. The van der Waals surface area contributed by atoms with E-state index in [1.165, 1.54) is 25.3 Å². The molecular weight excluding hydrogens is 540 g/mol. The summed E-state index contributed by atoms with van der Waals surface area (Å²) in [4.78, 5) is 25.4. The molecule has 2 N–H and O–H groups in total. The van der Waals surface area contributed by atoms with Crippen LogP contribution in [0.2, 0.25) is 5.02 Å². The van der Waals surface area contributed by atoms with Gasteiger partial charge in [-0.3, -0.25) is 9.52 Å². The number of rotatable bonds is 10. The van der Waals surface area contributed by atoms with Crippen molar-refractivity contribution in [3.8, 4) is 5.75 Å². The third kappa shape index (κ3) is 6.75. The monoisotopic (exact) mass is 568 g/mol. The van der Waals surface area contributed by atoms with Crippen LogP contribution in [0, 0.1) is 0 Å². The van der Waals surface area contributed by atoms with E-state index in [4.69, 9.17) is 16.3 Å². The average Bonchev–Trinajstić information content (AvgIpc) is 2.92. The first kappa shape index (κ1) is 28.1. The maximum atomic E-state index is 13.5. The summed E-state index contributed by atoms with van der Waals surface area (Å²) >= 11 is 6.37. The first-order valence-electron chi connectivity index (χ1n) is 12.0. The molecule has 0 saturated carbocycles. The normalized spacial score (nSPS) is 11.4. The molecule has 12 heteroatoms. The number of ether oxygens (including phenoxy) is 1. The molecule has 1 heterocycles. The number of likely N-dealkylation sites (N-methyl/N-ethyl adjacent to an activating group) is 2. The first-order valence-corrected chi connectivity index (χ1v) is 13.8. The van der Waals surface area contributed by atoms with E-state index in [1.54, 1.807) is 60.5 Å². The number of benzene rings is 3. The Kier molecular flexibility index (Phi) is 8.54. The van der Waals surface area contributed by atoms with Crippen LogP contribution in [0.25, 0.3) is 11.0 Å². The lowest BCUT2D eigenvalue weighted by Gasteiger charge is -2.20. The maximum absolute atomic E-state index is 13.5. The van der Waals surface area contributed by atoms with Crippen molar-refractivity contribution < 1.29 is 17.9 Å². The van der Waals surface area contributed by atoms with E-state index in [0.717, 1.165) is 0 Å². The Balaban J connectivity index is 1.69. The summed E-state index contributed by atoms with van der Waals surface area (Å²) in [6.07, 6.45) is 0. The summed E-state index contributed by atoms with van der Waals surface area (Å²) in [7, 11) is 2.88. The summed E-state index contributed by atoms with van der Waals surface area (Å²) in [6.45, 7) is 1.17. The van der Waals surface area contributed by atoms with Crippen LogP contribution in [0.5, 0.6) is 5.75 Å². The van der Waals surface area contributed by atoms with Gasteiger partial charge in [-0.25, -0.2) is 18.4 Å². The molecule has 0 aliphatic heterocycles. The quantitative estimate of drug-likeness (QED) is 0.288. The number of methoxy groups -OCH3 is 1. The van der Waals surface area contributed by atoms with Crippen molar-refractivity contribution in [1.82, 2.24) is 19.8 Å². The van der Waals surface area contributed by atoms with Crippen molar-refractivity contribution in [2.24, 2.45) is 0 Å². The van der Waals surface area contributed by atoms with Crippen molar-refractivity contribution in [1.29, 1.82) is 0 Å². The molecule has 10 nitrogen and oxygen atoms in total. The number of hydrogen-bond donors (Lipinski definition) is 2. The third-order valence-corrected chi connectivity index (χ3v) is 7.51. The lowest BCUT2D eigenvalue weighted by atomic mass is 10.2. The van der Waals surface area contributed by atoms with E-state index in [2.05, 4.69) is 20.0 Å². The Hall–Kier alpha value is -3.93. The van der Waals surface area contributed by atoms with Gasteiger partial charge in [0.2, 0.25) is 0 Å². The number of carbonyl (C=O) groups excluding carboxylic acids is 1. The van der Waals surface area contributed by atoms with Gasteiger partial charge in [0.05, 0.1) is 33.7 Å². The fourth-order valence-corrected chi connectivity index (χ4v) is 4.89. The number of sulfonamides is 1. The molecule has 0 atom stereocenters. The summed E-state index contributed by atoms with van der Waals surface area (Å²) in [5.41, 5.74) is 1.75. The van der Waals surface area contributed by atoms with E-state index in [1.807, 2.05) is 19.0 Å². The number of fused-ring (bicyclic) bond motifs is 1. The molecule has 4 aromatic rings. The maximum Gasteiger partial charge on any atom is 0.263 e. The molecule has 39 heavy (non-hydrogen) atoms. The van der Waals surface area contributed by atoms with E-state index >= 15 is 0 Å². The van der Waals surface area contributed by atoms with Gasteiger partial charge >= 0.3 is 0 Å². The van der Waals surface area contributed by atoms with Gasteiger partial charge < -0.3 is 19.9 Å². The highest BCUT2D eigenvalue weighted by molar-refractivity contribution is 7.92. The Morgan fingerprint density at radius 2 is 1.62 bits per heavy atom. The number of hydrogen-bond acceptors (Lipinski definition) is 8. The minimum absolute atomic E-state index is 0.0348. The van der Waals surface area contributed by atoms with Crippen molar-refractivity contribution in [3.63, 3.8) is 0 Å². The molecule has 0 fully saturated rings. The number of amides is 1. The Bertz CT molecular complexity index is 1610. The number of carbonyl (C=O) groups is 1. The standard InChI is InChI=1S/C27H29ClN6O4S/c1-33(2)14-15-34(3)27(35)18-8-7-9-20(16-18)39(36,37)32-26-25(29-22-10-5-6-11-23(22)30-26)31-24-17-19(38-4)12-13-21(24)28/h5-13,16-17H,14-15H2,1-4H3,(H,29,31)(H,30,32). The summed E-state index contributed by atoms with van der Waals surface area (Å²) in [6, 6.07) is 18.0. The summed E-state index contributed by atoms with van der Waals surface area (Å²) in [5, 5.41) is 3.45. The van der Waals surface area contributed by atoms with Crippen LogP contribution < -0.4 is 14.8 Å². The fourth-order valence-electron chi connectivity index (χ4n) is 3.67. The van der Waals surface area contributed by atoms with Crippen molar-refractivity contribution in [2.45, 2.75) is 4.90 Å². The second kappa shape index (κ2) is 11.9. The minimum Gasteiger partial charge on any atom is -0.497 e. The third-order valence-electron chi connectivity index (χ3n) is 5.85. The van der Waals surface area contributed by atoms with Crippen LogP contribution in [-0.4, -0.2) is 75.4 Å². The van der Waals surface area contributed by atoms with Gasteiger partial charge in [0.25, 0.3) is 15.9 Å². The molecule has 1 aromatic heterocycles. The van der Waals surface area contributed by atoms with Gasteiger partial charge in [0.15, 0.2) is 11.6 Å². The molecule has 3 aromatic carbocycles. The van der Waals surface area contributed by atoms with E-state index in [0.29, 0.717) is 40.6 Å². The number of anilines is 3. The molecular formula is C27H29ClN6O4S. The number of para-hydroxylation sites is 2. The molecule has 204 valence electrons.